The molecule has 0 saturated heterocycles. The Hall–Kier alpha value is -1.29. The number of nitrogens with two attached hydrogens (primary N) is 1. The molecule has 3 N–H and O–H groups in total. The average Bonchev–Trinajstić information content (AvgIpc) is 2.92. The summed E-state index contributed by atoms with van der Waals surface area (Å²) >= 11 is 10.4. The Kier molecular flexibility index (Phi) is 3.60. The summed E-state index contributed by atoms with van der Waals surface area (Å²) in [7, 11) is -3.86. The number of fused-ring (bicyclic) bond motifs is 1. The van der Waals surface area contributed by atoms with E-state index < -0.39 is 10.0 Å². The Morgan fingerprint density at radius 3 is 2.90 bits per heavy atom. The van der Waals surface area contributed by atoms with Gasteiger partial charge in [-0.15, -0.1) is 11.3 Å². The van der Waals surface area contributed by atoms with Crippen molar-refractivity contribution in [1.29, 1.82) is 0 Å². The number of halogens is 2. The highest BCUT2D eigenvalue weighted by Gasteiger charge is 2.24. The van der Waals surface area contributed by atoms with Crippen molar-refractivity contribution in [3.63, 3.8) is 0 Å². The van der Waals surface area contributed by atoms with E-state index in [-0.39, 0.29) is 10.8 Å². The SMILES string of the molecule is Nc1nc2sccn2c1S(=O)(=O)Nc1ccc(Cl)c(Br)c1. The summed E-state index contributed by atoms with van der Waals surface area (Å²) in [5, 5.41) is 2.14. The Morgan fingerprint density at radius 1 is 1.43 bits per heavy atom. The summed E-state index contributed by atoms with van der Waals surface area (Å²) in [6.07, 6.45) is 1.61. The summed E-state index contributed by atoms with van der Waals surface area (Å²) in [6.45, 7) is 0. The second-order valence-electron chi connectivity index (χ2n) is 4.09. The molecule has 21 heavy (non-hydrogen) atoms. The van der Waals surface area contributed by atoms with E-state index in [1.54, 1.807) is 29.8 Å². The summed E-state index contributed by atoms with van der Waals surface area (Å²) in [4.78, 5) is 4.54. The molecule has 0 radical (unpaired) electrons. The van der Waals surface area contributed by atoms with Crippen molar-refractivity contribution < 1.29 is 8.42 Å². The second kappa shape index (κ2) is 5.16. The van der Waals surface area contributed by atoms with Gasteiger partial charge in [0, 0.05) is 16.0 Å². The molecule has 0 atom stereocenters. The van der Waals surface area contributed by atoms with Crippen molar-refractivity contribution in [2.45, 2.75) is 5.03 Å². The lowest BCUT2D eigenvalue weighted by atomic mass is 10.3. The molecule has 0 unspecified atom stereocenters. The molecule has 0 aliphatic carbocycles. The summed E-state index contributed by atoms with van der Waals surface area (Å²) in [5.41, 5.74) is 6.09. The normalized spacial score (nSPS) is 11.9. The molecule has 0 saturated carbocycles. The van der Waals surface area contributed by atoms with Gasteiger partial charge in [0.05, 0.1) is 10.7 Å². The molecule has 0 bridgehead atoms. The third kappa shape index (κ3) is 2.61. The predicted molar refractivity (Wildman–Crippen MR) is 87.4 cm³/mol. The van der Waals surface area contributed by atoms with Crippen LogP contribution in [0.1, 0.15) is 0 Å². The third-order valence-electron chi connectivity index (χ3n) is 2.67. The fourth-order valence-corrected chi connectivity index (χ4v) is 4.35. The maximum Gasteiger partial charge on any atom is 0.281 e. The van der Waals surface area contributed by atoms with Gasteiger partial charge < -0.3 is 5.73 Å². The van der Waals surface area contributed by atoms with Gasteiger partial charge in [0.2, 0.25) is 5.03 Å². The van der Waals surface area contributed by atoms with E-state index in [9.17, 15) is 8.42 Å². The van der Waals surface area contributed by atoms with Crippen LogP contribution in [-0.4, -0.2) is 17.8 Å². The van der Waals surface area contributed by atoms with Crippen LogP contribution >= 0.6 is 38.9 Å². The van der Waals surface area contributed by atoms with Gasteiger partial charge in [-0.3, -0.25) is 9.12 Å². The molecule has 2 aromatic heterocycles. The molecule has 0 spiro atoms. The number of aromatic nitrogens is 2. The fourth-order valence-electron chi connectivity index (χ4n) is 1.81. The van der Waals surface area contributed by atoms with Gasteiger partial charge in [-0.2, -0.15) is 8.42 Å². The number of thiazole rings is 1. The first kappa shape index (κ1) is 14.6. The molecule has 1 aromatic carbocycles. The molecule has 110 valence electrons. The van der Waals surface area contributed by atoms with Crippen molar-refractivity contribution in [3.8, 4) is 0 Å². The minimum atomic E-state index is -3.86. The molecule has 6 nitrogen and oxygen atoms in total. The molecular formula is C11H8BrClN4O2S2. The number of nitrogen functional groups attached to an aromatic ring is 1. The first-order valence-electron chi connectivity index (χ1n) is 5.57. The molecular weight excluding hydrogens is 400 g/mol. The molecule has 0 aliphatic heterocycles. The van der Waals surface area contributed by atoms with E-state index in [2.05, 4.69) is 25.6 Å². The van der Waals surface area contributed by atoms with Crippen LogP contribution < -0.4 is 10.5 Å². The number of hydrogen-bond acceptors (Lipinski definition) is 5. The molecule has 0 fully saturated rings. The number of anilines is 2. The number of nitrogens with one attached hydrogen (secondary N) is 1. The van der Waals surface area contributed by atoms with E-state index in [0.29, 0.717) is 20.1 Å². The van der Waals surface area contributed by atoms with Crippen LogP contribution in [0, 0.1) is 0 Å². The zero-order chi connectivity index (χ0) is 15.2. The predicted octanol–water partition coefficient (Wildman–Crippen LogP) is 3.19. The van der Waals surface area contributed by atoms with Crippen LogP contribution in [-0.2, 0) is 10.0 Å². The van der Waals surface area contributed by atoms with Crippen molar-refractivity contribution in [2.24, 2.45) is 0 Å². The largest absolute Gasteiger partial charge is 0.381 e. The number of hydrogen-bond donors (Lipinski definition) is 2. The first-order chi connectivity index (χ1) is 9.88. The van der Waals surface area contributed by atoms with Gasteiger partial charge in [0.25, 0.3) is 10.0 Å². The summed E-state index contributed by atoms with van der Waals surface area (Å²) < 4.78 is 29.5. The van der Waals surface area contributed by atoms with Gasteiger partial charge in [-0.1, -0.05) is 11.6 Å². The Balaban J connectivity index is 2.06. The highest BCUT2D eigenvalue weighted by atomic mass is 79.9. The van der Waals surface area contributed by atoms with E-state index in [1.165, 1.54) is 15.7 Å². The second-order valence-corrected chi connectivity index (χ2v) is 7.82. The highest BCUT2D eigenvalue weighted by molar-refractivity contribution is 9.10. The van der Waals surface area contributed by atoms with Gasteiger partial charge in [0.15, 0.2) is 10.8 Å². The van der Waals surface area contributed by atoms with Crippen molar-refractivity contribution in [2.75, 3.05) is 10.5 Å². The maximum atomic E-state index is 12.5. The Bertz CT molecular complexity index is 935. The molecule has 3 aromatic rings. The van der Waals surface area contributed by atoms with Crippen LogP contribution in [0.2, 0.25) is 5.02 Å². The lowest BCUT2D eigenvalue weighted by molar-refractivity contribution is 0.597. The molecule has 10 heteroatoms. The minimum Gasteiger partial charge on any atom is -0.381 e. The summed E-state index contributed by atoms with van der Waals surface area (Å²) in [5.74, 6) is -0.0395. The Labute approximate surface area is 137 Å². The topological polar surface area (TPSA) is 89.5 Å². The van der Waals surface area contributed by atoms with Gasteiger partial charge in [-0.25, -0.2) is 4.98 Å². The maximum absolute atomic E-state index is 12.5. The zero-order valence-electron chi connectivity index (χ0n) is 10.2. The standard InChI is InChI=1S/C11H8BrClN4O2S2/c12-7-5-6(1-2-8(7)13)16-21(18,19)10-9(14)15-11-17(10)3-4-20-11/h1-5,16H,14H2. The number of imidazole rings is 1. The number of sulfonamides is 1. The zero-order valence-corrected chi connectivity index (χ0v) is 14.2. The number of nitrogens with zero attached hydrogens (tertiary/aromatic N) is 2. The lowest BCUT2D eigenvalue weighted by Crippen LogP contribution is -2.16. The van der Waals surface area contributed by atoms with Gasteiger partial charge in [0.1, 0.15) is 0 Å². The van der Waals surface area contributed by atoms with Crippen LogP contribution in [0.5, 0.6) is 0 Å². The smallest absolute Gasteiger partial charge is 0.281 e. The van der Waals surface area contributed by atoms with E-state index in [0.717, 1.165) is 0 Å². The molecule has 2 heterocycles. The molecule has 0 amide bonds. The summed E-state index contributed by atoms with van der Waals surface area (Å²) in [6, 6.07) is 4.72. The Morgan fingerprint density at radius 2 is 2.19 bits per heavy atom. The molecule has 0 aliphatic rings. The van der Waals surface area contributed by atoms with Gasteiger partial charge in [-0.05, 0) is 34.1 Å². The van der Waals surface area contributed by atoms with Crippen LogP contribution in [0.15, 0.2) is 39.3 Å². The lowest BCUT2D eigenvalue weighted by Gasteiger charge is -2.08. The highest BCUT2D eigenvalue weighted by Crippen LogP contribution is 2.29. The molecule has 3 rings (SSSR count). The van der Waals surface area contributed by atoms with E-state index >= 15 is 0 Å². The number of benzene rings is 1. The number of rotatable bonds is 3. The van der Waals surface area contributed by atoms with Gasteiger partial charge >= 0.3 is 0 Å². The monoisotopic (exact) mass is 406 g/mol. The minimum absolute atomic E-state index is 0.0395. The van der Waals surface area contributed by atoms with Crippen molar-refractivity contribution in [3.05, 3.63) is 39.3 Å². The van der Waals surface area contributed by atoms with Crippen LogP contribution in [0.25, 0.3) is 4.96 Å². The quantitative estimate of drug-likeness (QED) is 0.698. The first-order valence-corrected chi connectivity index (χ1v) is 9.11. The van der Waals surface area contributed by atoms with Crippen LogP contribution in [0.4, 0.5) is 11.5 Å². The fraction of sp³-hybridized carbons (Fsp3) is 0. The van der Waals surface area contributed by atoms with E-state index in [1.807, 2.05) is 0 Å². The third-order valence-corrected chi connectivity index (χ3v) is 6.06. The van der Waals surface area contributed by atoms with Crippen molar-refractivity contribution in [1.82, 2.24) is 9.38 Å². The van der Waals surface area contributed by atoms with Crippen LogP contribution in [0.3, 0.4) is 0 Å². The average molecular weight is 408 g/mol. The van der Waals surface area contributed by atoms with Crippen molar-refractivity contribution >= 4 is 65.4 Å². The van der Waals surface area contributed by atoms with E-state index in [4.69, 9.17) is 17.3 Å².